The van der Waals surface area contributed by atoms with Gasteiger partial charge in [0, 0.05) is 19.0 Å². The number of carbonyl (C=O) groups is 1. The third kappa shape index (κ3) is 3.35. The summed E-state index contributed by atoms with van der Waals surface area (Å²) in [5.41, 5.74) is 5.70. The first-order valence-electron chi connectivity index (χ1n) is 6.38. The SMILES string of the molecule is NC(=S)C1CCCN(C(=O)C2CCCCS2)C1. The predicted molar refractivity (Wildman–Crippen MR) is 76.2 cm³/mol. The van der Waals surface area contributed by atoms with Gasteiger partial charge in [0.2, 0.25) is 5.91 Å². The van der Waals surface area contributed by atoms with Gasteiger partial charge in [-0.25, -0.2) is 0 Å². The molecule has 2 unspecified atom stereocenters. The zero-order valence-corrected chi connectivity index (χ0v) is 11.7. The molecule has 0 radical (unpaired) electrons. The molecule has 0 aromatic carbocycles. The molecular weight excluding hydrogens is 252 g/mol. The fourth-order valence-corrected chi connectivity index (χ4v) is 4.02. The highest BCUT2D eigenvalue weighted by Crippen LogP contribution is 2.28. The third-order valence-corrected chi connectivity index (χ3v) is 5.29. The Balaban J connectivity index is 1.91. The second kappa shape index (κ2) is 6.05. The van der Waals surface area contributed by atoms with Crippen LogP contribution in [0, 0.1) is 5.92 Å². The summed E-state index contributed by atoms with van der Waals surface area (Å²) in [7, 11) is 0. The second-order valence-electron chi connectivity index (χ2n) is 4.88. The summed E-state index contributed by atoms with van der Waals surface area (Å²) in [6.45, 7) is 1.63. The molecular formula is C12H20N2OS2. The van der Waals surface area contributed by atoms with Crippen molar-refractivity contribution in [2.24, 2.45) is 11.7 Å². The van der Waals surface area contributed by atoms with Gasteiger partial charge in [0.1, 0.15) is 0 Å². The molecule has 2 rings (SSSR count). The largest absolute Gasteiger partial charge is 0.393 e. The van der Waals surface area contributed by atoms with Crippen LogP contribution < -0.4 is 5.73 Å². The maximum atomic E-state index is 12.3. The molecule has 17 heavy (non-hydrogen) atoms. The van der Waals surface area contributed by atoms with E-state index in [4.69, 9.17) is 18.0 Å². The predicted octanol–water partition coefficient (Wildman–Crippen LogP) is 1.80. The molecule has 1 amide bonds. The summed E-state index contributed by atoms with van der Waals surface area (Å²) in [5.74, 6) is 1.68. The molecule has 0 bridgehead atoms. The molecule has 0 aromatic heterocycles. The molecule has 96 valence electrons. The average Bonchev–Trinajstić information content (AvgIpc) is 2.39. The number of piperidine rings is 1. The maximum absolute atomic E-state index is 12.3. The fraction of sp³-hybridized carbons (Fsp3) is 0.833. The lowest BCUT2D eigenvalue weighted by atomic mass is 9.97. The topological polar surface area (TPSA) is 46.3 Å². The molecule has 2 aliphatic rings. The number of rotatable bonds is 2. The van der Waals surface area contributed by atoms with Gasteiger partial charge in [-0.15, -0.1) is 11.8 Å². The van der Waals surface area contributed by atoms with Gasteiger partial charge < -0.3 is 10.6 Å². The molecule has 5 heteroatoms. The van der Waals surface area contributed by atoms with Crippen LogP contribution in [-0.2, 0) is 4.79 Å². The van der Waals surface area contributed by atoms with Crippen molar-refractivity contribution < 1.29 is 4.79 Å². The van der Waals surface area contributed by atoms with Crippen LogP contribution >= 0.6 is 24.0 Å². The smallest absolute Gasteiger partial charge is 0.235 e. The third-order valence-electron chi connectivity index (χ3n) is 3.59. The number of hydrogen-bond donors (Lipinski definition) is 1. The first-order valence-corrected chi connectivity index (χ1v) is 7.84. The number of carbonyl (C=O) groups excluding carboxylic acids is 1. The van der Waals surface area contributed by atoms with Crippen LogP contribution in [0.5, 0.6) is 0 Å². The monoisotopic (exact) mass is 272 g/mol. The summed E-state index contributed by atoms with van der Waals surface area (Å²) in [6, 6.07) is 0. The lowest BCUT2D eigenvalue weighted by molar-refractivity contribution is -0.132. The van der Waals surface area contributed by atoms with Crippen molar-refractivity contribution in [1.29, 1.82) is 0 Å². The Labute approximate surface area is 112 Å². The lowest BCUT2D eigenvalue weighted by Crippen LogP contribution is -2.47. The van der Waals surface area contributed by atoms with Crippen molar-refractivity contribution in [2.45, 2.75) is 37.4 Å². The Bertz CT molecular complexity index is 303. The van der Waals surface area contributed by atoms with Gasteiger partial charge >= 0.3 is 0 Å². The number of hydrogen-bond acceptors (Lipinski definition) is 3. The fourth-order valence-electron chi connectivity index (χ4n) is 2.55. The molecule has 0 aliphatic carbocycles. The molecule has 2 heterocycles. The Hall–Kier alpha value is -0.290. The van der Waals surface area contributed by atoms with Gasteiger partial charge in [-0.2, -0.15) is 0 Å². The second-order valence-corrected chi connectivity index (χ2v) is 6.66. The van der Waals surface area contributed by atoms with E-state index in [0.29, 0.717) is 10.9 Å². The van der Waals surface area contributed by atoms with E-state index in [-0.39, 0.29) is 11.2 Å². The number of thiocarbonyl (C=S) groups is 1. The van der Waals surface area contributed by atoms with Crippen LogP contribution in [0.2, 0.25) is 0 Å². The molecule has 2 aliphatic heterocycles. The van der Waals surface area contributed by atoms with E-state index >= 15 is 0 Å². The molecule has 2 atom stereocenters. The van der Waals surface area contributed by atoms with Crippen molar-refractivity contribution in [3.05, 3.63) is 0 Å². The van der Waals surface area contributed by atoms with Gasteiger partial charge in [-0.1, -0.05) is 18.6 Å². The van der Waals surface area contributed by atoms with E-state index in [1.54, 1.807) is 0 Å². The molecule has 2 saturated heterocycles. The minimum Gasteiger partial charge on any atom is -0.393 e. The first-order chi connectivity index (χ1) is 8.18. The quantitative estimate of drug-likeness (QED) is 0.779. The molecule has 0 spiro atoms. The van der Waals surface area contributed by atoms with Gasteiger partial charge in [0.25, 0.3) is 0 Å². The van der Waals surface area contributed by atoms with Crippen molar-refractivity contribution in [3.8, 4) is 0 Å². The zero-order valence-electron chi connectivity index (χ0n) is 10.1. The number of thioether (sulfide) groups is 1. The first kappa shape index (κ1) is 13.1. The van der Waals surface area contributed by atoms with Gasteiger partial charge in [0.05, 0.1) is 10.2 Å². The average molecular weight is 272 g/mol. The standard InChI is InChI=1S/C12H20N2OS2/c13-11(16)9-4-3-6-14(8-9)12(15)10-5-1-2-7-17-10/h9-10H,1-8H2,(H2,13,16). The van der Waals surface area contributed by atoms with E-state index in [1.807, 2.05) is 16.7 Å². The summed E-state index contributed by atoms with van der Waals surface area (Å²) in [4.78, 5) is 14.9. The molecule has 3 nitrogen and oxygen atoms in total. The summed E-state index contributed by atoms with van der Waals surface area (Å²) < 4.78 is 0. The van der Waals surface area contributed by atoms with Crippen molar-refractivity contribution in [2.75, 3.05) is 18.8 Å². The summed E-state index contributed by atoms with van der Waals surface area (Å²) >= 11 is 6.87. The van der Waals surface area contributed by atoms with E-state index in [0.717, 1.165) is 38.1 Å². The normalized spacial score (nSPS) is 30.0. The minimum atomic E-state index is 0.189. The van der Waals surface area contributed by atoms with Crippen LogP contribution in [-0.4, -0.2) is 39.9 Å². The Kier molecular flexibility index (Phi) is 4.68. The number of nitrogens with zero attached hydrogens (tertiary/aromatic N) is 1. The van der Waals surface area contributed by atoms with Crippen molar-refractivity contribution in [1.82, 2.24) is 4.90 Å². The van der Waals surface area contributed by atoms with Crippen LogP contribution in [0.1, 0.15) is 32.1 Å². The van der Waals surface area contributed by atoms with Crippen molar-refractivity contribution in [3.63, 3.8) is 0 Å². The van der Waals surface area contributed by atoms with Gasteiger partial charge in [-0.3, -0.25) is 4.79 Å². The number of nitrogens with two attached hydrogens (primary N) is 1. The number of amides is 1. The molecule has 0 aromatic rings. The van der Waals surface area contributed by atoms with E-state index in [1.165, 1.54) is 12.8 Å². The Morgan fingerprint density at radius 1 is 1.29 bits per heavy atom. The highest BCUT2D eigenvalue weighted by Gasteiger charge is 2.30. The summed E-state index contributed by atoms with van der Waals surface area (Å²) in [6.07, 6.45) is 5.56. The van der Waals surface area contributed by atoms with Crippen molar-refractivity contribution >= 4 is 34.9 Å². The summed E-state index contributed by atoms with van der Waals surface area (Å²) in [5, 5.41) is 0.189. The Morgan fingerprint density at radius 2 is 2.12 bits per heavy atom. The molecule has 0 saturated carbocycles. The highest BCUT2D eigenvalue weighted by molar-refractivity contribution is 8.00. The highest BCUT2D eigenvalue weighted by atomic mass is 32.2. The van der Waals surface area contributed by atoms with E-state index in [9.17, 15) is 4.79 Å². The lowest BCUT2D eigenvalue weighted by Gasteiger charge is -2.35. The van der Waals surface area contributed by atoms with Gasteiger partial charge in [0.15, 0.2) is 0 Å². The maximum Gasteiger partial charge on any atom is 0.235 e. The molecule has 2 N–H and O–H groups in total. The van der Waals surface area contributed by atoms with E-state index in [2.05, 4.69) is 0 Å². The number of likely N-dealkylation sites (tertiary alicyclic amines) is 1. The van der Waals surface area contributed by atoms with Gasteiger partial charge in [-0.05, 0) is 31.4 Å². The Morgan fingerprint density at radius 3 is 2.76 bits per heavy atom. The van der Waals surface area contributed by atoms with E-state index < -0.39 is 0 Å². The molecule has 2 fully saturated rings. The van der Waals surface area contributed by atoms with Crippen LogP contribution in [0.4, 0.5) is 0 Å². The zero-order chi connectivity index (χ0) is 12.3. The van der Waals surface area contributed by atoms with Crippen LogP contribution in [0.25, 0.3) is 0 Å². The van der Waals surface area contributed by atoms with Crippen LogP contribution in [0.15, 0.2) is 0 Å². The minimum absolute atomic E-state index is 0.189. The van der Waals surface area contributed by atoms with Crippen LogP contribution in [0.3, 0.4) is 0 Å².